The highest BCUT2D eigenvalue weighted by Crippen LogP contribution is 2.18. The highest BCUT2D eigenvalue weighted by Gasteiger charge is 2.28. The van der Waals surface area contributed by atoms with Crippen molar-refractivity contribution in [1.82, 2.24) is 20.4 Å². The average Bonchev–Trinajstić information content (AvgIpc) is 2.97. The number of aliphatic hydroxyl groups is 1. The van der Waals surface area contributed by atoms with Crippen LogP contribution in [0.15, 0.2) is 46.0 Å². The monoisotopic (exact) mass is 454 g/mol. The molecule has 9 heteroatoms. The number of rotatable bonds is 8. The van der Waals surface area contributed by atoms with E-state index in [4.69, 9.17) is 0 Å². The van der Waals surface area contributed by atoms with Crippen LogP contribution in [0.3, 0.4) is 0 Å². The molecule has 1 aromatic carbocycles. The standard InChI is InChI=1S/C24H34N6O3/c1-17(31)30-14-20(15-30)28-23(26-3)11-22(25-2)24(33)27-12-21(32)16-29-10-6-9-18-7-4-5-8-19(18)13-29/h4-5,7-8,11,20-21,25,32H,3,6,9-10,12-16H2,1-2H3,(H,27,33)/t21-/m0/s1. The summed E-state index contributed by atoms with van der Waals surface area (Å²) in [5.41, 5.74) is 2.95. The van der Waals surface area contributed by atoms with E-state index >= 15 is 0 Å². The predicted molar refractivity (Wildman–Crippen MR) is 129 cm³/mol. The Bertz CT molecular complexity index is 923. The molecular weight excluding hydrogens is 420 g/mol. The first kappa shape index (κ1) is 24.6. The van der Waals surface area contributed by atoms with Crippen LogP contribution in [0.4, 0.5) is 0 Å². The van der Waals surface area contributed by atoms with Gasteiger partial charge in [0.2, 0.25) is 5.91 Å². The van der Waals surface area contributed by atoms with Crippen molar-refractivity contribution < 1.29 is 14.7 Å². The van der Waals surface area contributed by atoms with Crippen molar-refractivity contribution in [2.24, 2.45) is 9.98 Å². The zero-order valence-electron chi connectivity index (χ0n) is 19.5. The van der Waals surface area contributed by atoms with Crippen LogP contribution in [0.5, 0.6) is 0 Å². The minimum atomic E-state index is -0.685. The molecule has 1 saturated heterocycles. The van der Waals surface area contributed by atoms with Gasteiger partial charge in [-0.25, -0.2) is 4.99 Å². The number of aryl methyl sites for hydroxylation is 1. The summed E-state index contributed by atoms with van der Waals surface area (Å²) in [6.07, 6.45) is 2.93. The molecule has 1 fully saturated rings. The van der Waals surface area contributed by atoms with Crippen molar-refractivity contribution in [2.45, 2.75) is 38.5 Å². The number of carbonyl (C=O) groups excluding carboxylic acids is 2. The number of hydrogen-bond donors (Lipinski definition) is 3. The number of benzene rings is 1. The predicted octanol–water partition coefficient (Wildman–Crippen LogP) is 0.345. The molecule has 0 unspecified atom stereocenters. The van der Waals surface area contributed by atoms with E-state index in [-0.39, 0.29) is 30.1 Å². The Labute approximate surface area is 195 Å². The summed E-state index contributed by atoms with van der Waals surface area (Å²) in [6.45, 7) is 8.47. The van der Waals surface area contributed by atoms with Crippen molar-refractivity contribution in [2.75, 3.05) is 39.8 Å². The molecule has 0 aliphatic carbocycles. The first-order chi connectivity index (χ1) is 15.9. The number of amidine groups is 1. The molecule has 2 amide bonds. The molecular formula is C24H34N6O3. The van der Waals surface area contributed by atoms with Gasteiger partial charge in [-0.3, -0.25) is 19.5 Å². The number of amides is 2. The van der Waals surface area contributed by atoms with Crippen LogP contribution in [-0.4, -0.2) is 91.2 Å². The fourth-order valence-electron chi connectivity index (χ4n) is 4.08. The molecule has 0 bridgehead atoms. The van der Waals surface area contributed by atoms with Gasteiger partial charge in [0.15, 0.2) is 0 Å². The lowest BCUT2D eigenvalue weighted by molar-refractivity contribution is -0.132. The summed E-state index contributed by atoms with van der Waals surface area (Å²) >= 11 is 0. The average molecular weight is 455 g/mol. The second-order valence-electron chi connectivity index (χ2n) is 8.50. The molecule has 9 nitrogen and oxygen atoms in total. The maximum Gasteiger partial charge on any atom is 0.267 e. The molecule has 0 saturated carbocycles. The second-order valence-corrected chi connectivity index (χ2v) is 8.50. The van der Waals surface area contributed by atoms with Gasteiger partial charge in [0.05, 0.1) is 12.1 Å². The molecule has 2 aliphatic heterocycles. The van der Waals surface area contributed by atoms with E-state index in [0.29, 0.717) is 25.5 Å². The number of fused-ring (bicyclic) bond motifs is 1. The normalized spacial score (nSPS) is 18.6. The molecule has 0 aromatic heterocycles. The third kappa shape index (κ3) is 6.97. The van der Waals surface area contributed by atoms with Crippen LogP contribution < -0.4 is 10.6 Å². The van der Waals surface area contributed by atoms with Gasteiger partial charge in [-0.1, -0.05) is 24.3 Å². The van der Waals surface area contributed by atoms with Crippen LogP contribution in [0.1, 0.15) is 24.5 Å². The van der Waals surface area contributed by atoms with E-state index < -0.39 is 6.10 Å². The number of likely N-dealkylation sites (N-methyl/N-ethyl adjacent to an activating group) is 1. The van der Waals surface area contributed by atoms with Crippen molar-refractivity contribution in [3.63, 3.8) is 0 Å². The van der Waals surface area contributed by atoms with Gasteiger partial charge in [-0.2, -0.15) is 0 Å². The number of nitrogens with one attached hydrogen (secondary N) is 2. The lowest BCUT2D eigenvalue weighted by Gasteiger charge is -2.36. The van der Waals surface area contributed by atoms with Gasteiger partial charge in [-0.15, -0.1) is 0 Å². The fraction of sp³-hybridized carbons (Fsp3) is 0.500. The minimum absolute atomic E-state index is 0.0170. The van der Waals surface area contributed by atoms with Crippen LogP contribution >= 0.6 is 0 Å². The van der Waals surface area contributed by atoms with Gasteiger partial charge in [0.25, 0.3) is 5.91 Å². The van der Waals surface area contributed by atoms with Crippen molar-refractivity contribution in [3.8, 4) is 0 Å². The van der Waals surface area contributed by atoms with Gasteiger partial charge in [-0.05, 0) is 37.2 Å². The highest BCUT2D eigenvalue weighted by atomic mass is 16.3. The van der Waals surface area contributed by atoms with Crippen molar-refractivity contribution in [3.05, 3.63) is 47.2 Å². The van der Waals surface area contributed by atoms with E-state index in [1.54, 1.807) is 11.9 Å². The molecule has 2 aliphatic rings. The summed E-state index contributed by atoms with van der Waals surface area (Å²) in [6, 6.07) is 8.37. The van der Waals surface area contributed by atoms with Gasteiger partial charge in [0.1, 0.15) is 11.5 Å². The summed E-state index contributed by atoms with van der Waals surface area (Å²) < 4.78 is 0. The largest absolute Gasteiger partial charge is 0.390 e. The summed E-state index contributed by atoms with van der Waals surface area (Å²) in [7, 11) is 1.64. The Morgan fingerprint density at radius 3 is 2.70 bits per heavy atom. The van der Waals surface area contributed by atoms with E-state index in [1.165, 1.54) is 24.1 Å². The first-order valence-electron chi connectivity index (χ1n) is 11.3. The molecule has 2 heterocycles. The smallest absolute Gasteiger partial charge is 0.267 e. The second kappa shape index (κ2) is 11.7. The topological polar surface area (TPSA) is 110 Å². The first-order valence-corrected chi connectivity index (χ1v) is 11.3. The summed E-state index contributed by atoms with van der Waals surface area (Å²) in [5.74, 6) is -0.0112. The zero-order chi connectivity index (χ0) is 23.8. The Morgan fingerprint density at radius 2 is 2.03 bits per heavy atom. The Hall–Kier alpha value is -3.04. The highest BCUT2D eigenvalue weighted by molar-refractivity contribution is 6.04. The number of nitrogens with zero attached hydrogens (tertiary/aromatic N) is 4. The number of aliphatic hydroxyl groups excluding tert-OH is 1. The Morgan fingerprint density at radius 1 is 1.30 bits per heavy atom. The van der Waals surface area contributed by atoms with Crippen LogP contribution in [0, 0.1) is 0 Å². The molecule has 3 rings (SSSR count). The lowest BCUT2D eigenvalue weighted by Crippen LogP contribution is -2.52. The minimum Gasteiger partial charge on any atom is -0.390 e. The van der Waals surface area contributed by atoms with Crippen LogP contribution in [-0.2, 0) is 22.6 Å². The molecule has 0 spiro atoms. The zero-order valence-corrected chi connectivity index (χ0v) is 19.5. The fourth-order valence-corrected chi connectivity index (χ4v) is 4.08. The third-order valence-corrected chi connectivity index (χ3v) is 5.97. The Kier molecular flexibility index (Phi) is 8.73. The van der Waals surface area contributed by atoms with Gasteiger partial charge < -0.3 is 20.6 Å². The van der Waals surface area contributed by atoms with Crippen molar-refractivity contribution in [1.29, 1.82) is 0 Å². The Balaban J connectivity index is 1.50. The molecule has 1 atom stereocenters. The molecule has 3 N–H and O–H groups in total. The van der Waals surface area contributed by atoms with E-state index in [0.717, 1.165) is 25.9 Å². The number of carbonyl (C=O) groups is 2. The number of aliphatic imine (C=N–C) groups is 2. The maximum absolute atomic E-state index is 12.6. The number of likely N-dealkylation sites (tertiary alicyclic amines) is 1. The van der Waals surface area contributed by atoms with Crippen LogP contribution in [0.25, 0.3) is 0 Å². The summed E-state index contributed by atoms with van der Waals surface area (Å²) in [4.78, 5) is 36.2. The van der Waals surface area contributed by atoms with Crippen LogP contribution in [0.2, 0.25) is 0 Å². The lowest BCUT2D eigenvalue weighted by atomic mass is 10.0. The quantitative estimate of drug-likeness (QED) is 0.298. The molecule has 33 heavy (non-hydrogen) atoms. The van der Waals surface area contributed by atoms with Crippen molar-refractivity contribution >= 4 is 24.4 Å². The van der Waals surface area contributed by atoms with E-state index in [1.807, 2.05) is 6.07 Å². The molecule has 178 valence electrons. The van der Waals surface area contributed by atoms with Gasteiger partial charge in [0, 0.05) is 52.8 Å². The SMILES string of the molecule is C=NC(C=C(NC)C(=O)NC[C@H](O)CN1CCCc2ccccc2C1)=NC1CN(C(C)=O)C1. The molecule has 1 aromatic rings. The molecule has 0 radical (unpaired) electrons. The maximum atomic E-state index is 12.6. The van der Waals surface area contributed by atoms with E-state index in [9.17, 15) is 14.7 Å². The third-order valence-electron chi connectivity index (χ3n) is 5.97. The van der Waals surface area contributed by atoms with Gasteiger partial charge >= 0.3 is 0 Å². The number of hydrogen-bond acceptors (Lipinski definition) is 6. The summed E-state index contributed by atoms with van der Waals surface area (Å²) in [5, 5.41) is 16.1. The van der Waals surface area contributed by atoms with E-state index in [2.05, 4.69) is 50.4 Å². The number of β-amino-alcohol motifs (C(OH)–C–C–N with tert-alkyl or cyclic N) is 1.